The van der Waals surface area contributed by atoms with Gasteiger partial charge in [0, 0.05) is 36.1 Å². The van der Waals surface area contributed by atoms with Gasteiger partial charge in [-0.15, -0.1) is 0 Å². The van der Waals surface area contributed by atoms with E-state index in [4.69, 9.17) is 11.0 Å². The van der Waals surface area contributed by atoms with Gasteiger partial charge in [0.25, 0.3) is 0 Å². The molecule has 0 radical (unpaired) electrons. The minimum Gasteiger partial charge on any atom is -0.329 e. The fourth-order valence-corrected chi connectivity index (χ4v) is 2.91. The average Bonchev–Trinajstić information content (AvgIpc) is 3.20. The van der Waals surface area contributed by atoms with Crippen molar-refractivity contribution in [2.24, 2.45) is 5.73 Å². The summed E-state index contributed by atoms with van der Waals surface area (Å²) in [6.07, 6.45) is 3.02. The Morgan fingerprint density at radius 1 is 1.44 bits per heavy atom. The van der Waals surface area contributed by atoms with E-state index in [2.05, 4.69) is 33.0 Å². The highest BCUT2D eigenvalue weighted by atomic mass is 79.9. The highest BCUT2D eigenvalue weighted by molar-refractivity contribution is 9.10. The second-order valence-electron chi connectivity index (χ2n) is 4.65. The van der Waals surface area contributed by atoms with Gasteiger partial charge < -0.3 is 5.73 Å². The lowest BCUT2D eigenvalue weighted by atomic mass is 10.0. The Kier molecular flexibility index (Phi) is 4.76. The van der Waals surface area contributed by atoms with Crippen LogP contribution in [-0.2, 0) is 0 Å². The summed E-state index contributed by atoms with van der Waals surface area (Å²) >= 11 is 3.60. The summed E-state index contributed by atoms with van der Waals surface area (Å²) in [5.41, 5.74) is 7.19. The van der Waals surface area contributed by atoms with E-state index >= 15 is 0 Å². The lowest BCUT2D eigenvalue weighted by molar-refractivity contribution is 0.195. The molecule has 1 aromatic rings. The number of hydrogen-bond donors (Lipinski definition) is 1. The van der Waals surface area contributed by atoms with Crippen LogP contribution in [0.2, 0.25) is 0 Å². The molecule has 2 rings (SSSR count). The first-order valence-corrected chi connectivity index (χ1v) is 7.14. The fraction of sp³-hybridized carbons (Fsp3) is 0.500. The Hall–Kier alpha value is -0.890. The smallest absolute Gasteiger partial charge is 0.0635 e. The van der Waals surface area contributed by atoms with Crippen molar-refractivity contribution in [1.29, 1.82) is 5.26 Å². The number of rotatable bonds is 6. The number of nitriles is 1. The first-order valence-electron chi connectivity index (χ1n) is 6.35. The predicted molar refractivity (Wildman–Crippen MR) is 75.9 cm³/mol. The van der Waals surface area contributed by atoms with Gasteiger partial charge in [-0.25, -0.2) is 0 Å². The molecule has 1 atom stereocenters. The zero-order valence-corrected chi connectivity index (χ0v) is 11.9. The third-order valence-corrected chi connectivity index (χ3v) is 4.11. The molecule has 1 fully saturated rings. The van der Waals surface area contributed by atoms with Crippen LogP contribution in [0.3, 0.4) is 0 Å². The maximum atomic E-state index is 8.78. The van der Waals surface area contributed by atoms with Gasteiger partial charge in [-0.1, -0.05) is 34.1 Å². The summed E-state index contributed by atoms with van der Waals surface area (Å²) in [7, 11) is 0. The van der Waals surface area contributed by atoms with Crippen LogP contribution in [0.15, 0.2) is 28.7 Å². The van der Waals surface area contributed by atoms with E-state index in [0.717, 1.165) is 11.0 Å². The van der Waals surface area contributed by atoms with Gasteiger partial charge in [0.1, 0.15) is 0 Å². The summed E-state index contributed by atoms with van der Waals surface area (Å²) in [5.74, 6) is 0. The van der Waals surface area contributed by atoms with Crippen molar-refractivity contribution in [1.82, 2.24) is 4.90 Å². The fourth-order valence-electron chi connectivity index (χ4n) is 2.36. The van der Waals surface area contributed by atoms with Gasteiger partial charge >= 0.3 is 0 Å². The minimum atomic E-state index is 0.210. The Labute approximate surface area is 117 Å². The van der Waals surface area contributed by atoms with Crippen molar-refractivity contribution in [3.05, 3.63) is 34.3 Å². The maximum absolute atomic E-state index is 8.78. The zero-order chi connectivity index (χ0) is 13.0. The summed E-state index contributed by atoms with van der Waals surface area (Å²) in [4.78, 5) is 2.39. The van der Waals surface area contributed by atoms with Gasteiger partial charge in [-0.3, -0.25) is 4.90 Å². The largest absolute Gasteiger partial charge is 0.329 e. The lowest BCUT2D eigenvalue weighted by Crippen LogP contribution is -2.36. The van der Waals surface area contributed by atoms with Crippen LogP contribution >= 0.6 is 15.9 Å². The molecule has 0 heterocycles. The monoisotopic (exact) mass is 307 g/mol. The molecule has 0 aliphatic heterocycles. The van der Waals surface area contributed by atoms with Crippen molar-refractivity contribution in [3.63, 3.8) is 0 Å². The molecule has 1 unspecified atom stereocenters. The molecule has 1 aromatic carbocycles. The number of benzene rings is 1. The predicted octanol–water partition coefficient (Wildman–Crippen LogP) is 2.83. The summed E-state index contributed by atoms with van der Waals surface area (Å²) in [6, 6.07) is 11.3. The van der Waals surface area contributed by atoms with Crippen molar-refractivity contribution >= 4 is 15.9 Å². The van der Waals surface area contributed by atoms with Crippen molar-refractivity contribution in [2.75, 3.05) is 13.1 Å². The molecule has 2 N–H and O–H groups in total. The molecule has 18 heavy (non-hydrogen) atoms. The Balaban J connectivity index is 2.20. The summed E-state index contributed by atoms with van der Waals surface area (Å²) in [6.45, 7) is 1.40. The number of nitrogens with zero attached hydrogens (tertiary/aromatic N) is 2. The quantitative estimate of drug-likeness (QED) is 0.879. The molecule has 1 aliphatic carbocycles. The molecule has 0 amide bonds. The van der Waals surface area contributed by atoms with E-state index in [1.54, 1.807) is 0 Å². The van der Waals surface area contributed by atoms with Gasteiger partial charge in [0.2, 0.25) is 0 Å². The topological polar surface area (TPSA) is 53.0 Å². The van der Waals surface area contributed by atoms with Crippen LogP contribution < -0.4 is 5.73 Å². The molecule has 3 nitrogen and oxygen atoms in total. The Bertz CT molecular complexity index is 437. The standard InChI is InChI=1S/C14H18BrN3/c15-13-5-2-1-4-12(13)14(10-17)18(9-3-8-16)11-6-7-11/h1-2,4-5,11,14H,3,6-7,9-10,17H2. The van der Waals surface area contributed by atoms with Gasteiger partial charge in [0.15, 0.2) is 0 Å². The van der Waals surface area contributed by atoms with Crippen LogP contribution in [0.5, 0.6) is 0 Å². The summed E-state index contributed by atoms with van der Waals surface area (Å²) < 4.78 is 1.10. The van der Waals surface area contributed by atoms with E-state index in [-0.39, 0.29) is 6.04 Å². The minimum absolute atomic E-state index is 0.210. The molecular formula is C14H18BrN3. The highest BCUT2D eigenvalue weighted by Gasteiger charge is 2.34. The second kappa shape index (κ2) is 6.33. The van der Waals surface area contributed by atoms with E-state index in [1.807, 2.05) is 18.2 Å². The molecular weight excluding hydrogens is 290 g/mol. The molecule has 0 bridgehead atoms. The van der Waals surface area contributed by atoms with E-state index in [0.29, 0.717) is 19.0 Å². The van der Waals surface area contributed by atoms with Crippen LogP contribution in [0.1, 0.15) is 30.9 Å². The first kappa shape index (κ1) is 13.5. The summed E-state index contributed by atoms with van der Waals surface area (Å²) in [5, 5.41) is 8.78. The van der Waals surface area contributed by atoms with Crippen LogP contribution in [-0.4, -0.2) is 24.0 Å². The third kappa shape index (κ3) is 3.11. The molecule has 4 heteroatoms. The molecule has 96 valence electrons. The first-order chi connectivity index (χ1) is 8.77. The Morgan fingerprint density at radius 2 is 2.17 bits per heavy atom. The zero-order valence-electron chi connectivity index (χ0n) is 10.3. The average molecular weight is 308 g/mol. The van der Waals surface area contributed by atoms with Crippen molar-refractivity contribution < 1.29 is 0 Å². The number of halogens is 1. The maximum Gasteiger partial charge on any atom is 0.0635 e. The van der Waals surface area contributed by atoms with Crippen molar-refractivity contribution in [2.45, 2.75) is 31.3 Å². The second-order valence-corrected chi connectivity index (χ2v) is 5.50. The molecule has 1 aliphatic rings. The lowest BCUT2D eigenvalue weighted by Gasteiger charge is -2.31. The van der Waals surface area contributed by atoms with Crippen molar-refractivity contribution in [3.8, 4) is 6.07 Å². The normalized spacial score (nSPS) is 16.6. The SMILES string of the molecule is N#CCCN(C1CC1)C(CN)c1ccccc1Br. The van der Waals surface area contributed by atoms with E-state index in [9.17, 15) is 0 Å². The van der Waals surface area contributed by atoms with Crippen LogP contribution in [0.4, 0.5) is 0 Å². The number of nitrogens with two attached hydrogens (primary N) is 1. The van der Waals surface area contributed by atoms with Crippen LogP contribution in [0, 0.1) is 11.3 Å². The van der Waals surface area contributed by atoms with Gasteiger partial charge in [-0.05, 0) is 24.5 Å². The number of hydrogen-bond acceptors (Lipinski definition) is 3. The van der Waals surface area contributed by atoms with Crippen LogP contribution in [0.25, 0.3) is 0 Å². The van der Waals surface area contributed by atoms with E-state index in [1.165, 1.54) is 18.4 Å². The third-order valence-electron chi connectivity index (χ3n) is 3.39. The molecule has 0 aromatic heterocycles. The van der Waals surface area contributed by atoms with Gasteiger partial charge in [-0.2, -0.15) is 5.26 Å². The Morgan fingerprint density at radius 3 is 2.72 bits per heavy atom. The molecule has 0 saturated heterocycles. The van der Waals surface area contributed by atoms with Gasteiger partial charge in [0.05, 0.1) is 6.07 Å². The molecule has 0 spiro atoms. The molecule has 1 saturated carbocycles. The highest BCUT2D eigenvalue weighted by Crippen LogP contribution is 2.36. The van der Waals surface area contributed by atoms with E-state index < -0.39 is 0 Å².